The van der Waals surface area contributed by atoms with Gasteiger partial charge >= 0.3 is 12.6 Å². The molecule has 0 aliphatic heterocycles. The molecule has 0 aliphatic rings. The highest BCUT2D eigenvalue weighted by molar-refractivity contribution is 6.37. The number of amides is 2. The number of hydrogen-bond acceptors (Lipinski definition) is 3. The molecule has 1 N–H and O–H groups in total. The van der Waals surface area contributed by atoms with E-state index in [0.29, 0.717) is 0 Å². The summed E-state index contributed by atoms with van der Waals surface area (Å²) >= 11 is 11.5. The molecule has 0 atom stereocenters. The molecule has 1 rings (SSSR count). The third kappa shape index (κ3) is 5.25. The molecule has 114 valence electrons. The van der Waals surface area contributed by atoms with Gasteiger partial charge in [-0.1, -0.05) is 23.2 Å². The van der Waals surface area contributed by atoms with Gasteiger partial charge in [0.2, 0.25) is 0 Å². The normalized spacial score (nSPS) is 10.1. The second-order valence-corrected chi connectivity index (χ2v) is 4.72. The number of anilines is 1. The molecule has 21 heavy (non-hydrogen) atoms. The second kappa shape index (κ2) is 7.86. The van der Waals surface area contributed by atoms with Crippen LogP contribution in [0.2, 0.25) is 10.0 Å². The number of rotatable bonds is 5. The average Bonchev–Trinajstić information content (AvgIpc) is 2.39. The van der Waals surface area contributed by atoms with Gasteiger partial charge in [0, 0.05) is 19.3 Å². The van der Waals surface area contributed by atoms with E-state index >= 15 is 0 Å². The summed E-state index contributed by atoms with van der Waals surface area (Å²) in [4.78, 5) is 13.1. The molecule has 0 bridgehead atoms. The Labute approximate surface area is 130 Å². The Morgan fingerprint density at radius 2 is 2.05 bits per heavy atom. The van der Waals surface area contributed by atoms with Crippen molar-refractivity contribution in [3.63, 3.8) is 0 Å². The van der Waals surface area contributed by atoms with Crippen LogP contribution in [-0.4, -0.2) is 31.1 Å². The summed E-state index contributed by atoms with van der Waals surface area (Å²) in [5.74, 6) is -0.357. The van der Waals surface area contributed by atoms with E-state index in [2.05, 4.69) is 10.1 Å². The first kappa shape index (κ1) is 17.3. The summed E-state index contributed by atoms with van der Waals surface area (Å²) in [6.45, 7) is -2.81. The van der Waals surface area contributed by atoms with E-state index in [0.717, 1.165) is 0 Å². The van der Waals surface area contributed by atoms with Crippen molar-refractivity contribution in [2.24, 2.45) is 0 Å². The van der Waals surface area contributed by atoms with Crippen molar-refractivity contribution >= 4 is 34.9 Å². The third-order valence-corrected chi connectivity index (χ3v) is 2.92. The van der Waals surface area contributed by atoms with E-state index in [4.69, 9.17) is 28.5 Å². The van der Waals surface area contributed by atoms with Gasteiger partial charge in [0.05, 0.1) is 22.5 Å². The highest BCUT2D eigenvalue weighted by Crippen LogP contribution is 2.37. The lowest BCUT2D eigenvalue weighted by Gasteiger charge is -2.17. The predicted molar refractivity (Wildman–Crippen MR) is 75.0 cm³/mol. The molecule has 0 unspecified atom stereocenters. The maximum Gasteiger partial charge on any atom is 0.387 e. The standard InChI is InChI=1S/C12H11Cl2F2N3O2/c1-19(4-2-3-17)12(20)18-7-5-8(13)10(9(14)6-7)21-11(15)16/h5-6,11H,2,4H2,1H3,(H,18,20). The maximum atomic E-state index is 12.2. The Balaban J connectivity index is 2.82. The van der Waals surface area contributed by atoms with E-state index in [1.165, 1.54) is 24.1 Å². The Hall–Kier alpha value is -1.78. The Morgan fingerprint density at radius 3 is 2.52 bits per heavy atom. The van der Waals surface area contributed by atoms with Crippen LogP contribution in [0, 0.1) is 11.3 Å². The largest absolute Gasteiger partial charge is 0.432 e. The van der Waals surface area contributed by atoms with Crippen LogP contribution >= 0.6 is 23.2 Å². The number of carbonyl (C=O) groups excluding carboxylic acids is 1. The number of hydrogen-bond donors (Lipinski definition) is 1. The van der Waals surface area contributed by atoms with Gasteiger partial charge in [0.25, 0.3) is 0 Å². The minimum absolute atomic E-state index is 0.155. The van der Waals surface area contributed by atoms with Crippen LogP contribution in [0.4, 0.5) is 19.3 Å². The number of alkyl halides is 2. The minimum atomic E-state index is -3.06. The van der Waals surface area contributed by atoms with Crippen molar-refractivity contribution in [1.29, 1.82) is 5.26 Å². The number of nitriles is 1. The SMILES string of the molecule is CN(CCC#N)C(=O)Nc1cc(Cl)c(OC(F)F)c(Cl)c1. The van der Waals surface area contributed by atoms with Gasteiger partial charge in [-0.15, -0.1) is 0 Å². The molecule has 0 fully saturated rings. The molecule has 5 nitrogen and oxygen atoms in total. The summed E-state index contributed by atoms with van der Waals surface area (Å²) in [6, 6.07) is 3.90. The van der Waals surface area contributed by atoms with Crippen molar-refractivity contribution in [1.82, 2.24) is 4.90 Å². The van der Waals surface area contributed by atoms with E-state index < -0.39 is 12.6 Å². The molecule has 0 saturated carbocycles. The molecule has 0 radical (unpaired) electrons. The Morgan fingerprint density at radius 1 is 1.48 bits per heavy atom. The van der Waals surface area contributed by atoms with Gasteiger partial charge in [-0.25, -0.2) is 4.79 Å². The lowest BCUT2D eigenvalue weighted by Crippen LogP contribution is -2.32. The van der Waals surface area contributed by atoms with E-state index in [1.807, 2.05) is 6.07 Å². The topological polar surface area (TPSA) is 65.4 Å². The highest BCUT2D eigenvalue weighted by Gasteiger charge is 2.16. The van der Waals surface area contributed by atoms with Gasteiger partial charge in [-0.2, -0.15) is 14.0 Å². The fraction of sp³-hybridized carbons (Fsp3) is 0.333. The molecule has 0 spiro atoms. The van der Waals surface area contributed by atoms with Crippen LogP contribution < -0.4 is 10.1 Å². The smallest absolute Gasteiger partial charge is 0.387 e. The highest BCUT2D eigenvalue weighted by atomic mass is 35.5. The Kier molecular flexibility index (Phi) is 6.46. The van der Waals surface area contributed by atoms with E-state index in [1.54, 1.807) is 0 Å². The first-order chi connectivity index (χ1) is 9.85. The fourth-order valence-corrected chi connectivity index (χ4v) is 1.95. The van der Waals surface area contributed by atoms with Gasteiger partial charge < -0.3 is 15.0 Å². The number of carbonyl (C=O) groups is 1. The number of ether oxygens (including phenoxy) is 1. The van der Waals surface area contributed by atoms with Crippen LogP contribution in [0.15, 0.2) is 12.1 Å². The van der Waals surface area contributed by atoms with Crippen molar-refractivity contribution < 1.29 is 18.3 Å². The van der Waals surface area contributed by atoms with Gasteiger partial charge in [0.15, 0.2) is 5.75 Å². The fourth-order valence-electron chi connectivity index (χ4n) is 1.37. The first-order valence-electron chi connectivity index (χ1n) is 5.68. The molecular formula is C12H11Cl2F2N3O2. The average molecular weight is 338 g/mol. The summed E-state index contributed by atoms with van der Waals surface area (Å²) in [5, 5.41) is 10.6. The quantitative estimate of drug-likeness (QED) is 0.883. The van der Waals surface area contributed by atoms with Crippen LogP contribution in [0.25, 0.3) is 0 Å². The lowest BCUT2D eigenvalue weighted by molar-refractivity contribution is -0.0497. The lowest BCUT2D eigenvalue weighted by atomic mass is 10.3. The number of halogens is 4. The number of nitrogens with one attached hydrogen (secondary N) is 1. The minimum Gasteiger partial charge on any atom is -0.432 e. The van der Waals surface area contributed by atoms with Gasteiger partial charge in [-0.05, 0) is 12.1 Å². The third-order valence-electron chi connectivity index (χ3n) is 2.36. The molecule has 1 aromatic carbocycles. The van der Waals surface area contributed by atoms with Gasteiger partial charge in [0.1, 0.15) is 0 Å². The maximum absolute atomic E-state index is 12.2. The van der Waals surface area contributed by atoms with Crippen LogP contribution in [0.1, 0.15) is 6.42 Å². The second-order valence-electron chi connectivity index (χ2n) is 3.91. The number of nitrogens with zero attached hydrogens (tertiary/aromatic N) is 2. The van der Waals surface area contributed by atoms with Crippen LogP contribution in [-0.2, 0) is 0 Å². The molecule has 0 saturated heterocycles. The monoisotopic (exact) mass is 337 g/mol. The van der Waals surface area contributed by atoms with Crippen molar-refractivity contribution in [3.05, 3.63) is 22.2 Å². The number of urea groups is 1. The Bertz CT molecular complexity index is 541. The van der Waals surface area contributed by atoms with Gasteiger partial charge in [-0.3, -0.25) is 0 Å². The summed E-state index contributed by atoms with van der Waals surface area (Å²) < 4.78 is 28.5. The molecule has 0 aliphatic carbocycles. The molecular weight excluding hydrogens is 327 g/mol. The number of benzene rings is 1. The van der Waals surface area contributed by atoms with E-state index in [-0.39, 0.29) is 34.4 Å². The zero-order valence-corrected chi connectivity index (χ0v) is 12.4. The summed E-state index contributed by atoms with van der Waals surface area (Å²) in [6.07, 6.45) is 0.187. The molecule has 0 aromatic heterocycles. The first-order valence-corrected chi connectivity index (χ1v) is 6.43. The van der Waals surface area contributed by atoms with Crippen molar-refractivity contribution in [2.45, 2.75) is 13.0 Å². The molecule has 1 aromatic rings. The predicted octanol–water partition coefficient (Wildman–Crippen LogP) is 3.97. The molecule has 2 amide bonds. The molecule has 0 heterocycles. The van der Waals surface area contributed by atoms with Crippen LogP contribution in [0.3, 0.4) is 0 Å². The van der Waals surface area contributed by atoms with Crippen molar-refractivity contribution in [2.75, 3.05) is 18.9 Å². The molecule has 9 heteroatoms. The zero-order valence-electron chi connectivity index (χ0n) is 10.9. The van der Waals surface area contributed by atoms with E-state index in [9.17, 15) is 13.6 Å². The van der Waals surface area contributed by atoms with Crippen LogP contribution in [0.5, 0.6) is 5.75 Å². The summed E-state index contributed by atoms with van der Waals surface area (Å²) in [7, 11) is 1.50. The summed E-state index contributed by atoms with van der Waals surface area (Å²) in [5.41, 5.74) is 0.223. The van der Waals surface area contributed by atoms with Crippen molar-refractivity contribution in [3.8, 4) is 11.8 Å². The zero-order chi connectivity index (χ0) is 16.0.